The summed E-state index contributed by atoms with van der Waals surface area (Å²) >= 11 is 0. The number of imidazole rings is 3. The number of sulfonamides is 3. The number of primary sulfonamides is 3. The Morgan fingerprint density at radius 3 is 1.10 bits per heavy atom. The molecule has 0 amide bonds. The van der Waals surface area contributed by atoms with Crippen LogP contribution >= 0.6 is 0 Å². The third-order valence-electron chi connectivity index (χ3n) is 14.2. The Hall–Kier alpha value is -9.44. The standard InChI is InChI=1S/2C21H16F3N3O2S.C21H17F2N3O2S/c22-15-8-5-12(20(23)21(15)24)7-10-19-26-16-9-6-13(11-17(16)27-19)14-3-1-2-4-18(14)30(25,28)29;22-15-11-17(24)16(23)9-13(15)6-8-21-26-18-7-5-12(10-19(18)27-21)14-3-1-2-4-20(14)30(25,28)29;22-16-5-3-6-17(23)15(16)9-11-21-25-18-10-8-13(12-19(18)26-21)14-4-1-2-7-20(14)29(24,27)28/h1-6,8-9,11H,7,10H2,(H,26,27)(H2,25,28,29);1-5,7,9-11H,6,8H2,(H,26,27)(H2,25,28,29);1-8,10,12H,9,11H2,(H,25,26)(H2,24,27,28). The highest BCUT2D eigenvalue weighted by molar-refractivity contribution is 7.89. The van der Waals surface area contributed by atoms with Crippen molar-refractivity contribution >= 4 is 63.2 Å². The summed E-state index contributed by atoms with van der Waals surface area (Å²) in [7, 11) is -11.7. The molecule has 0 atom stereocenters. The second kappa shape index (κ2) is 25.7. The fraction of sp³-hybridized carbons (Fsp3) is 0.0952. The van der Waals surface area contributed by atoms with Gasteiger partial charge in [-0.25, -0.2) is 90.7 Å². The summed E-state index contributed by atoms with van der Waals surface area (Å²) in [5, 5.41) is 15.9. The molecule has 12 aromatic rings. The van der Waals surface area contributed by atoms with Gasteiger partial charge >= 0.3 is 0 Å². The number of nitrogens with zero attached hydrogens (tertiary/aromatic N) is 3. The summed E-state index contributed by atoms with van der Waals surface area (Å²) in [6, 6.07) is 42.2. The van der Waals surface area contributed by atoms with E-state index >= 15 is 0 Å². The van der Waals surface area contributed by atoms with Crippen LogP contribution in [0.25, 0.3) is 66.5 Å². The summed E-state index contributed by atoms with van der Waals surface area (Å²) in [5.74, 6) is -6.58. The van der Waals surface area contributed by atoms with Crippen molar-refractivity contribution < 1.29 is 60.4 Å². The first-order valence-corrected chi connectivity index (χ1v) is 31.4. The number of aromatic amines is 3. The van der Waals surface area contributed by atoms with Gasteiger partial charge < -0.3 is 15.0 Å². The Morgan fingerprint density at radius 2 is 0.697 bits per heavy atom. The molecule has 3 heterocycles. The Kier molecular flexibility index (Phi) is 18.1. The van der Waals surface area contributed by atoms with Crippen molar-refractivity contribution in [3.05, 3.63) is 251 Å². The molecule has 9 N–H and O–H groups in total. The van der Waals surface area contributed by atoms with Gasteiger partial charge in [0, 0.05) is 47.6 Å². The number of nitrogens with two attached hydrogens (primary N) is 3. The van der Waals surface area contributed by atoms with E-state index in [1.165, 1.54) is 42.5 Å². The number of hydrogen-bond acceptors (Lipinski definition) is 9. The molecular weight excluding hydrogens is 1230 g/mol. The van der Waals surface area contributed by atoms with E-state index in [1.807, 2.05) is 0 Å². The van der Waals surface area contributed by atoms with Gasteiger partial charge in [0.2, 0.25) is 30.1 Å². The van der Waals surface area contributed by atoms with Crippen molar-refractivity contribution in [3.63, 3.8) is 0 Å². The van der Waals surface area contributed by atoms with Gasteiger partial charge in [0.15, 0.2) is 29.1 Å². The number of H-pyrrole nitrogens is 3. The number of benzene rings is 9. The van der Waals surface area contributed by atoms with Crippen LogP contribution in [0.2, 0.25) is 0 Å². The zero-order chi connectivity index (χ0) is 63.5. The number of halogens is 8. The van der Waals surface area contributed by atoms with Crippen LogP contribution in [0, 0.1) is 46.5 Å². The monoisotopic (exact) mass is 1280 g/mol. The molecular formula is C63H49F8N9O6S3. The predicted octanol–water partition coefficient (Wildman–Crippen LogP) is 12.1. The maximum absolute atomic E-state index is 13.8. The molecule has 0 saturated carbocycles. The van der Waals surface area contributed by atoms with Gasteiger partial charge in [0.05, 0.1) is 47.8 Å². The molecule has 0 spiro atoms. The molecule has 456 valence electrons. The topological polar surface area (TPSA) is 267 Å². The van der Waals surface area contributed by atoms with Crippen LogP contribution in [0.15, 0.2) is 185 Å². The first kappa shape index (κ1) is 62.6. The van der Waals surface area contributed by atoms with Gasteiger partial charge in [0.25, 0.3) is 0 Å². The van der Waals surface area contributed by atoms with Crippen LogP contribution in [0.3, 0.4) is 0 Å². The molecule has 0 aliphatic carbocycles. The van der Waals surface area contributed by atoms with E-state index in [1.54, 1.807) is 109 Å². The minimum atomic E-state index is -3.90. The zero-order valence-electron chi connectivity index (χ0n) is 46.2. The lowest BCUT2D eigenvalue weighted by atomic mass is 10.1. The highest BCUT2D eigenvalue weighted by Crippen LogP contribution is 2.33. The van der Waals surface area contributed by atoms with Gasteiger partial charge in [0.1, 0.15) is 34.9 Å². The second-order valence-corrected chi connectivity index (χ2v) is 24.9. The minimum absolute atomic E-state index is 0.0119. The summed E-state index contributed by atoms with van der Waals surface area (Å²) < 4.78 is 179. The van der Waals surface area contributed by atoms with Crippen molar-refractivity contribution in [2.75, 3.05) is 0 Å². The highest BCUT2D eigenvalue weighted by Gasteiger charge is 2.21. The number of rotatable bonds is 15. The Labute approximate surface area is 503 Å². The first-order valence-electron chi connectivity index (χ1n) is 26.8. The third kappa shape index (κ3) is 14.4. The van der Waals surface area contributed by atoms with Crippen molar-refractivity contribution in [3.8, 4) is 33.4 Å². The average molecular weight is 1280 g/mol. The van der Waals surface area contributed by atoms with E-state index in [0.717, 1.165) is 12.1 Å². The van der Waals surface area contributed by atoms with Gasteiger partial charge in [-0.15, -0.1) is 0 Å². The molecule has 12 rings (SSSR count). The normalized spacial score (nSPS) is 11.9. The largest absolute Gasteiger partial charge is 0.342 e. The molecule has 0 unspecified atom stereocenters. The smallest absolute Gasteiger partial charge is 0.238 e. The van der Waals surface area contributed by atoms with Crippen LogP contribution in [-0.2, 0) is 68.6 Å². The Morgan fingerprint density at radius 1 is 0.326 bits per heavy atom. The number of aromatic nitrogens is 6. The molecule has 0 aliphatic heterocycles. The van der Waals surface area contributed by atoms with E-state index in [4.69, 9.17) is 15.4 Å². The summed E-state index contributed by atoms with van der Waals surface area (Å²) in [6.07, 6.45) is 1.31. The summed E-state index contributed by atoms with van der Waals surface area (Å²) in [6.45, 7) is 0. The van der Waals surface area contributed by atoms with E-state index in [0.29, 0.717) is 96.4 Å². The summed E-state index contributed by atoms with van der Waals surface area (Å²) in [4.78, 5) is 22.7. The lowest BCUT2D eigenvalue weighted by molar-refractivity contribution is 0.440. The van der Waals surface area contributed by atoms with Gasteiger partial charge in [-0.3, -0.25) is 0 Å². The zero-order valence-corrected chi connectivity index (χ0v) is 48.6. The van der Waals surface area contributed by atoms with E-state index in [-0.39, 0.29) is 63.5 Å². The van der Waals surface area contributed by atoms with E-state index in [2.05, 4.69) is 29.9 Å². The van der Waals surface area contributed by atoms with Gasteiger partial charge in [-0.05, 0) is 126 Å². The molecule has 0 fully saturated rings. The first-order chi connectivity index (χ1) is 42.3. The minimum Gasteiger partial charge on any atom is -0.342 e. The summed E-state index contributed by atoms with van der Waals surface area (Å²) in [5.41, 5.74) is 7.40. The van der Waals surface area contributed by atoms with Crippen molar-refractivity contribution in [1.29, 1.82) is 0 Å². The predicted molar refractivity (Wildman–Crippen MR) is 320 cm³/mol. The molecule has 0 radical (unpaired) electrons. The Bertz CT molecular complexity index is 4870. The fourth-order valence-corrected chi connectivity index (χ4v) is 12.2. The molecule has 0 bridgehead atoms. The van der Waals surface area contributed by atoms with Crippen LogP contribution in [-0.4, -0.2) is 55.2 Å². The van der Waals surface area contributed by atoms with Crippen LogP contribution < -0.4 is 15.4 Å². The van der Waals surface area contributed by atoms with Crippen molar-refractivity contribution in [2.24, 2.45) is 15.4 Å². The average Bonchev–Trinajstić information content (AvgIpc) is 2.37. The van der Waals surface area contributed by atoms with Gasteiger partial charge in [-0.1, -0.05) is 84.9 Å². The van der Waals surface area contributed by atoms with Crippen LogP contribution in [0.1, 0.15) is 34.2 Å². The molecule has 89 heavy (non-hydrogen) atoms. The lowest BCUT2D eigenvalue weighted by Gasteiger charge is -2.07. The fourth-order valence-electron chi connectivity index (χ4n) is 9.94. The molecule has 15 nitrogen and oxygen atoms in total. The van der Waals surface area contributed by atoms with E-state index < -0.39 is 76.6 Å². The number of fused-ring (bicyclic) bond motifs is 3. The third-order valence-corrected chi connectivity index (χ3v) is 17.2. The van der Waals surface area contributed by atoms with Crippen LogP contribution in [0.5, 0.6) is 0 Å². The van der Waals surface area contributed by atoms with Crippen molar-refractivity contribution in [2.45, 2.75) is 53.2 Å². The quantitative estimate of drug-likeness (QED) is 0.0323. The number of aryl methyl sites for hydroxylation is 5. The Balaban J connectivity index is 0.000000147. The highest BCUT2D eigenvalue weighted by atomic mass is 32.2. The van der Waals surface area contributed by atoms with Gasteiger partial charge in [-0.2, -0.15) is 0 Å². The lowest BCUT2D eigenvalue weighted by Crippen LogP contribution is -2.13. The van der Waals surface area contributed by atoms with E-state index in [9.17, 15) is 60.4 Å². The van der Waals surface area contributed by atoms with Crippen LogP contribution in [0.4, 0.5) is 35.1 Å². The van der Waals surface area contributed by atoms with Crippen molar-refractivity contribution in [1.82, 2.24) is 29.9 Å². The SMILES string of the molecule is NS(=O)(=O)c1ccccc1-c1ccc2nc(CCc3c(F)cccc3F)[nH]c2c1.NS(=O)(=O)c1ccccc1-c1ccc2nc(CCc3cc(F)c(F)cc3F)[nH]c2c1.NS(=O)(=O)c1ccccc1-c1ccc2nc(CCc3ccc(F)c(F)c3F)[nH]c2c1. The molecule has 0 aliphatic rings. The second-order valence-electron chi connectivity index (χ2n) is 20.3. The maximum atomic E-state index is 13.8. The molecule has 0 saturated heterocycles. The molecule has 9 aromatic carbocycles. The number of hydrogen-bond donors (Lipinski definition) is 6. The number of nitrogens with one attached hydrogen (secondary N) is 3. The molecule has 26 heteroatoms. The molecule has 3 aromatic heterocycles. The maximum Gasteiger partial charge on any atom is 0.238 e.